The van der Waals surface area contributed by atoms with Crippen LogP contribution in [0.2, 0.25) is 0 Å². The molecular formula is C21H20N2O3. The lowest BCUT2D eigenvalue weighted by Gasteiger charge is -2.14. The third-order valence-electron chi connectivity index (χ3n) is 3.71. The van der Waals surface area contributed by atoms with Crippen LogP contribution in [-0.2, 0) is 6.61 Å². The Kier molecular flexibility index (Phi) is 5.83. The summed E-state index contributed by atoms with van der Waals surface area (Å²) in [5, 5.41) is 2.82. The molecule has 0 saturated carbocycles. The topological polar surface area (TPSA) is 60.5 Å². The minimum absolute atomic E-state index is 0.244. The number of amides is 1. The van der Waals surface area contributed by atoms with Crippen molar-refractivity contribution in [3.8, 4) is 11.5 Å². The van der Waals surface area contributed by atoms with Gasteiger partial charge in [0.25, 0.3) is 5.91 Å². The molecule has 2 aromatic carbocycles. The zero-order chi connectivity index (χ0) is 18.2. The normalized spacial score (nSPS) is 10.2. The maximum Gasteiger partial charge on any atom is 0.259 e. The summed E-state index contributed by atoms with van der Waals surface area (Å²) in [6, 6.07) is 18.4. The maximum absolute atomic E-state index is 12.6. The van der Waals surface area contributed by atoms with Crippen LogP contribution in [-0.4, -0.2) is 17.5 Å². The molecule has 0 bridgehead atoms. The predicted molar refractivity (Wildman–Crippen MR) is 101 cm³/mol. The Morgan fingerprint density at radius 2 is 1.73 bits per heavy atom. The number of nitrogens with zero attached hydrogens (tertiary/aromatic N) is 1. The van der Waals surface area contributed by atoms with E-state index in [-0.39, 0.29) is 5.91 Å². The van der Waals surface area contributed by atoms with Crippen LogP contribution in [0.1, 0.15) is 22.8 Å². The Morgan fingerprint density at radius 1 is 0.962 bits per heavy atom. The Morgan fingerprint density at radius 3 is 2.50 bits per heavy atom. The number of rotatable bonds is 7. The number of carbonyl (C=O) groups excluding carboxylic acids is 1. The Labute approximate surface area is 152 Å². The van der Waals surface area contributed by atoms with E-state index in [2.05, 4.69) is 10.3 Å². The first kappa shape index (κ1) is 17.5. The van der Waals surface area contributed by atoms with Crippen LogP contribution in [0.3, 0.4) is 0 Å². The molecule has 1 aromatic heterocycles. The van der Waals surface area contributed by atoms with Gasteiger partial charge in [0, 0.05) is 11.8 Å². The van der Waals surface area contributed by atoms with Crippen LogP contribution in [0.25, 0.3) is 0 Å². The lowest BCUT2D eigenvalue weighted by Crippen LogP contribution is -2.13. The number of hydrogen-bond acceptors (Lipinski definition) is 4. The second kappa shape index (κ2) is 8.67. The van der Waals surface area contributed by atoms with E-state index in [1.165, 1.54) is 0 Å². The van der Waals surface area contributed by atoms with E-state index in [0.717, 1.165) is 11.3 Å². The second-order valence-electron chi connectivity index (χ2n) is 5.52. The van der Waals surface area contributed by atoms with Gasteiger partial charge in [-0.15, -0.1) is 0 Å². The molecule has 0 radical (unpaired) electrons. The van der Waals surface area contributed by atoms with E-state index in [9.17, 15) is 4.79 Å². The lowest BCUT2D eigenvalue weighted by molar-refractivity contribution is 0.102. The van der Waals surface area contributed by atoms with E-state index in [4.69, 9.17) is 9.47 Å². The Bertz CT molecular complexity index is 866. The summed E-state index contributed by atoms with van der Waals surface area (Å²) >= 11 is 0. The molecule has 3 aromatic rings. The van der Waals surface area contributed by atoms with Crippen molar-refractivity contribution in [1.29, 1.82) is 0 Å². The highest BCUT2D eigenvalue weighted by Gasteiger charge is 2.13. The number of carbonyl (C=O) groups is 1. The number of benzene rings is 2. The zero-order valence-corrected chi connectivity index (χ0v) is 14.5. The van der Waals surface area contributed by atoms with Crippen LogP contribution in [0.4, 0.5) is 5.69 Å². The highest BCUT2D eigenvalue weighted by molar-refractivity contribution is 6.06. The fraction of sp³-hybridized carbons (Fsp3) is 0.143. The van der Waals surface area contributed by atoms with Gasteiger partial charge in [-0.05, 0) is 37.3 Å². The van der Waals surface area contributed by atoms with E-state index in [1.807, 2.05) is 37.3 Å². The van der Waals surface area contributed by atoms with Gasteiger partial charge in [-0.2, -0.15) is 0 Å². The van der Waals surface area contributed by atoms with Gasteiger partial charge >= 0.3 is 0 Å². The third-order valence-corrected chi connectivity index (χ3v) is 3.71. The lowest BCUT2D eigenvalue weighted by atomic mass is 10.1. The van der Waals surface area contributed by atoms with Gasteiger partial charge in [-0.1, -0.05) is 30.3 Å². The molecular weight excluding hydrogens is 328 g/mol. The second-order valence-corrected chi connectivity index (χ2v) is 5.52. The number of anilines is 1. The molecule has 0 unspecified atom stereocenters. The molecule has 1 N–H and O–H groups in total. The Balaban J connectivity index is 1.74. The minimum atomic E-state index is -0.244. The predicted octanol–water partition coefficient (Wildman–Crippen LogP) is 4.31. The summed E-state index contributed by atoms with van der Waals surface area (Å²) in [6.07, 6.45) is 3.25. The van der Waals surface area contributed by atoms with Crippen molar-refractivity contribution in [2.45, 2.75) is 13.5 Å². The SMILES string of the molecule is CCOc1ccccc1COc1ccccc1C(=O)Nc1cccnc1. The van der Waals surface area contributed by atoms with Gasteiger partial charge in [0.05, 0.1) is 24.1 Å². The van der Waals surface area contributed by atoms with Crippen molar-refractivity contribution in [1.82, 2.24) is 4.98 Å². The van der Waals surface area contributed by atoms with Crippen LogP contribution >= 0.6 is 0 Å². The molecule has 26 heavy (non-hydrogen) atoms. The fourth-order valence-corrected chi connectivity index (χ4v) is 2.49. The van der Waals surface area contributed by atoms with Crippen molar-refractivity contribution in [2.24, 2.45) is 0 Å². The molecule has 0 aliphatic rings. The number of nitrogens with one attached hydrogen (secondary N) is 1. The highest BCUT2D eigenvalue weighted by Crippen LogP contribution is 2.24. The maximum atomic E-state index is 12.6. The standard InChI is InChI=1S/C21H20N2O3/c1-2-25-19-11-5-3-8-16(19)15-26-20-12-6-4-10-18(20)21(24)23-17-9-7-13-22-14-17/h3-14H,2,15H2,1H3,(H,23,24). The van der Waals surface area contributed by atoms with E-state index < -0.39 is 0 Å². The zero-order valence-electron chi connectivity index (χ0n) is 14.5. The summed E-state index contributed by atoms with van der Waals surface area (Å²) in [7, 11) is 0. The number of hydrogen-bond donors (Lipinski definition) is 1. The smallest absolute Gasteiger partial charge is 0.259 e. The van der Waals surface area contributed by atoms with Gasteiger partial charge in [0.15, 0.2) is 0 Å². The number of aromatic nitrogens is 1. The molecule has 132 valence electrons. The number of para-hydroxylation sites is 2. The minimum Gasteiger partial charge on any atom is -0.493 e. The van der Waals surface area contributed by atoms with Gasteiger partial charge in [-0.25, -0.2) is 0 Å². The summed E-state index contributed by atoms with van der Waals surface area (Å²) in [5.74, 6) is 1.05. The van der Waals surface area contributed by atoms with Crippen molar-refractivity contribution in [2.75, 3.05) is 11.9 Å². The average molecular weight is 348 g/mol. The van der Waals surface area contributed by atoms with E-state index in [0.29, 0.717) is 30.2 Å². The van der Waals surface area contributed by atoms with Crippen LogP contribution in [0, 0.1) is 0 Å². The monoisotopic (exact) mass is 348 g/mol. The summed E-state index contributed by atoms with van der Waals surface area (Å²) in [5.41, 5.74) is 2.02. The summed E-state index contributed by atoms with van der Waals surface area (Å²) < 4.78 is 11.5. The molecule has 1 amide bonds. The van der Waals surface area contributed by atoms with Crippen LogP contribution in [0.15, 0.2) is 73.1 Å². The number of pyridine rings is 1. The quantitative estimate of drug-likeness (QED) is 0.691. The van der Waals surface area contributed by atoms with Crippen molar-refractivity contribution >= 4 is 11.6 Å². The van der Waals surface area contributed by atoms with Crippen molar-refractivity contribution in [3.05, 3.63) is 84.2 Å². The van der Waals surface area contributed by atoms with Crippen molar-refractivity contribution < 1.29 is 14.3 Å². The first-order valence-electron chi connectivity index (χ1n) is 8.42. The average Bonchev–Trinajstić information content (AvgIpc) is 2.68. The molecule has 3 rings (SSSR count). The highest BCUT2D eigenvalue weighted by atomic mass is 16.5. The molecule has 0 atom stereocenters. The first-order chi connectivity index (χ1) is 12.8. The van der Waals surface area contributed by atoms with Crippen molar-refractivity contribution in [3.63, 3.8) is 0 Å². The van der Waals surface area contributed by atoms with E-state index >= 15 is 0 Å². The third kappa shape index (κ3) is 4.39. The van der Waals surface area contributed by atoms with Crippen LogP contribution in [0.5, 0.6) is 11.5 Å². The van der Waals surface area contributed by atoms with Gasteiger partial charge < -0.3 is 14.8 Å². The molecule has 0 saturated heterocycles. The van der Waals surface area contributed by atoms with E-state index in [1.54, 1.807) is 42.7 Å². The summed E-state index contributed by atoms with van der Waals surface area (Å²) in [4.78, 5) is 16.6. The molecule has 5 heteroatoms. The summed E-state index contributed by atoms with van der Waals surface area (Å²) in [6.45, 7) is 2.84. The molecule has 0 spiro atoms. The van der Waals surface area contributed by atoms with Gasteiger partial charge in [0.1, 0.15) is 18.1 Å². The fourth-order valence-electron chi connectivity index (χ4n) is 2.49. The molecule has 0 fully saturated rings. The van der Waals surface area contributed by atoms with Gasteiger partial charge in [-0.3, -0.25) is 9.78 Å². The van der Waals surface area contributed by atoms with Gasteiger partial charge in [0.2, 0.25) is 0 Å². The van der Waals surface area contributed by atoms with Crippen LogP contribution < -0.4 is 14.8 Å². The molecule has 1 heterocycles. The molecule has 5 nitrogen and oxygen atoms in total. The largest absolute Gasteiger partial charge is 0.493 e. The number of ether oxygens (including phenoxy) is 2. The Hall–Kier alpha value is -3.34. The molecule has 0 aliphatic heterocycles. The first-order valence-corrected chi connectivity index (χ1v) is 8.42. The molecule has 0 aliphatic carbocycles.